The van der Waals surface area contributed by atoms with E-state index in [9.17, 15) is 9.59 Å². The van der Waals surface area contributed by atoms with Crippen LogP contribution in [0.3, 0.4) is 0 Å². The Labute approximate surface area is 125 Å². The van der Waals surface area contributed by atoms with Crippen LogP contribution >= 0.6 is 11.8 Å². The molecule has 0 aliphatic rings. The second-order valence-electron chi connectivity index (χ2n) is 4.81. The number of rotatable bonds is 7. The highest BCUT2D eigenvalue weighted by Crippen LogP contribution is 2.27. The minimum absolute atomic E-state index is 0.00331. The summed E-state index contributed by atoms with van der Waals surface area (Å²) < 4.78 is 5.05. The van der Waals surface area contributed by atoms with E-state index in [1.807, 2.05) is 52.0 Å². The number of carbonyl (C=O) groups excluding carboxylic acids is 2. The van der Waals surface area contributed by atoms with Crippen molar-refractivity contribution in [1.82, 2.24) is 0 Å². The fourth-order valence-electron chi connectivity index (χ4n) is 1.73. The molecule has 1 aromatic rings. The third-order valence-electron chi connectivity index (χ3n) is 2.86. The summed E-state index contributed by atoms with van der Waals surface area (Å²) in [6, 6.07) is 7.43. The van der Waals surface area contributed by atoms with Gasteiger partial charge < -0.3 is 4.74 Å². The van der Waals surface area contributed by atoms with Gasteiger partial charge in [0.25, 0.3) is 0 Å². The van der Waals surface area contributed by atoms with Crippen molar-refractivity contribution in [3.63, 3.8) is 0 Å². The maximum absolute atomic E-state index is 11.8. The van der Waals surface area contributed by atoms with Crippen molar-refractivity contribution >= 4 is 23.5 Å². The van der Waals surface area contributed by atoms with Crippen molar-refractivity contribution in [3.8, 4) is 0 Å². The lowest BCUT2D eigenvalue weighted by atomic mass is 10.0. The van der Waals surface area contributed by atoms with E-state index < -0.39 is 0 Å². The van der Waals surface area contributed by atoms with Crippen LogP contribution in [-0.4, -0.2) is 23.6 Å². The summed E-state index contributed by atoms with van der Waals surface area (Å²) in [6.45, 7) is 7.95. The minimum Gasteiger partial charge on any atom is -0.465 e. The third-order valence-corrected chi connectivity index (χ3v) is 4.22. The molecule has 4 heteroatoms. The summed E-state index contributed by atoms with van der Waals surface area (Å²) >= 11 is 1.48. The molecule has 1 rings (SSSR count). The first-order valence-electron chi connectivity index (χ1n) is 6.97. The van der Waals surface area contributed by atoms with Gasteiger partial charge in [0.15, 0.2) is 5.78 Å². The first-order valence-corrected chi connectivity index (χ1v) is 7.85. The van der Waals surface area contributed by atoms with Crippen LogP contribution in [0.5, 0.6) is 0 Å². The van der Waals surface area contributed by atoms with Crippen molar-refractivity contribution < 1.29 is 14.3 Å². The molecule has 1 aromatic carbocycles. The average Bonchev–Trinajstić information content (AvgIpc) is 2.44. The van der Waals surface area contributed by atoms with E-state index in [-0.39, 0.29) is 22.9 Å². The van der Waals surface area contributed by atoms with Gasteiger partial charge in [-0.2, -0.15) is 0 Å². The molecule has 0 N–H and O–H groups in total. The average molecular weight is 294 g/mol. The van der Waals surface area contributed by atoms with Crippen LogP contribution in [0.1, 0.15) is 44.5 Å². The molecular weight excluding hydrogens is 272 g/mol. The zero-order chi connectivity index (χ0) is 15.1. The number of carbonyl (C=O) groups is 2. The molecule has 0 spiro atoms. The van der Waals surface area contributed by atoms with Crippen LogP contribution in [0.2, 0.25) is 0 Å². The van der Waals surface area contributed by atoms with Crippen LogP contribution in [-0.2, 0) is 9.53 Å². The number of ketones is 1. The number of benzene rings is 1. The largest absolute Gasteiger partial charge is 0.465 e. The van der Waals surface area contributed by atoms with E-state index in [1.54, 1.807) is 0 Å². The summed E-state index contributed by atoms with van der Waals surface area (Å²) in [5, 5.41) is -0.193. The van der Waals surface area contributed by atoms with Gasteiger partial charge in [-0.1, -0.05) is 32.9 Å². The van der Waals surface area contributed by atoms with Crippen molar-refractivity contribution in [2.45, 2.75) is 44.3 Å². The molecule has 0 aliphatic carbocycles. The lowest BCUT2D eigenvalue weighted by molar-refractivity contribution is -0.142. The topological polar surface area (TPSA) is 43.4 Å². The van der Waals surface area contributed by atoms with E-state index >= 15 is 0 Å². The van der Waals surface area contributed by atoms with Gasteiger partial charge in [0.05, 0.1) is 6.61 Å². The highest BCUT2D eigenvalue weighted by molar-refractivity contribution is 8.00. The number of thioether (sulfide) groups is 1. The molecule has 1 atom stereocenters. The van der Waals surface area contributed by atoms with E-state index in [4.69, 9.17) is 4.74 Å². The fraction of sp³-hybridized carbons (Fsp3) is 0.500. The second kappa shape index (κ2) is 8.10. The molecule has 0 amide bonds. The number of hydrogen-bond donors (Lipinski definition) is 0. The van der Waals surface area contributed by atoms with Crippen molar-refractivity contribution in [3.05, 3.63) is 29.8 Å². The molecule has 0 fully saturated rings. The Bertz CT molecular complexity index is 451. The Kier molecular flexibility index (Phi) is 6.79. The Hall–Kier alpha value is -1.29. The predicted molar refractivity (Wildman–Crippen MR) is 82.2 cm³/mol. The normalized spacial score (nSPS) is 12.2. The molecule has 0 radical (unpaired) electrons. The van der Waals surface area contributed by atoms with E-state index in [0.717, 1.165) is 11.3 Å². The van der Waals surface area contributed by atoms with Crippen LogP contribution in [0.15, 0.2) is 29.2 Å². The van der Waals surface area contributed by atoms with Gasteiger partial charge in [-0.15, -0.1) is 11.8 Å². The standard InChI is InChI=1S/C16H22O3S/c1-5-14(16(18)19-6-2)20-13-9-7-12(8-10-13)15(17)11(3)4/h7-11,14H,5-6H2,1-4H3. The van der Waals surface area contributed by atoms with Crippen LogP contribution in [0, 0.1) is 5.92 Å². The minimum atomic E-state index is -0.193. The van der Waals surface area contributed by atoms with Gasteiger partial charge in [0.1, 0.15) is 5.25 Å². The second-order valence-corrected chi connectivity index (χ2v) is 6.09. The Balaban J connectivity index is 2.73. The van der Waals surface area contributed by atoms with Crippen LogP contribution in [0.4, 0.5) is 0 Å². The zero-order valence-corrected chi connectivity index (χ0v) is 13.3. The van der Waals surface area contributed by atoms with E-state index in [0.29, 0.717) is 12.2 Å². The quantitative estimate of drug-likeness (QED) is 0.434. The van der Waals surface area contributed by atoms with Gasteiger partial charge in [0.2, 0.25) is 0 Å². The molecular formula is C16H22O3S. The summed E-state index contributed by atoms with van der Waals surface area (Å²) in [5.74, 6) is -0.0438. The van der Waals surface area contributed by atoms with Gasteiger partial charge in [-0.25, -0.2) is 0 Å². The summed E-state index contributed by atoms with van der Waals surface area (Å²) in [7, 11) is 0. The smallest absolute Gasteiger partial charge is 0.319 e. The maximum Gasteiger partial charge on any atom is 0.319 e. The SMILES string of the molecule is CCOC(=O)C(CC)Sc1ccc(C(=O)C(C)C)cc1. The van der Waals surface area contributed by atoms with Crippen molar-refractivity contribution in [1.29, 1.82) is 0 Å². The monoisotopic (exact) mass is 294 g/mol. The zero-order valence-electron chi connectivity index (χ0n) is 12.5. The Morgan fingerprint density at radius 1 is 1.15 bits per heavy atom. The van der Waals surface area contributed by atoms with Gasteiger partial charge in [-0.05, 0) is 25.5 Å². The lowest BCUT2D eigenvalue weighted by Crippen LogP contribution is -2.19. The molecule has 110 valence electrons. The lowest BCUT2D eigenvalue weighted by Gasteiger charge is -2.13. The number of ether oxygens (including phenoxy) is 1. The van der Waals surface area contributed by atoms with Gasteiger partial charge >= 0.3 is 5.97 Å². The fourth-order valence-corrected chi connectivity index (χ4v) is 2.68. The first-order chi connectivity index (χ1) is 9.49. The van der Waals surface area contributed by atoms with Gasteiger partial charge in [0, 0.05) is 16.4 Å². The highest BCUT2D eigenvalue weighted by Gasteiger charge is 2.19. The van der Waals surface area contributed by atoms with Crippen molar-refractivity contribution in [2.75, 3.05) is 6.61 Å². The van der Waals surface area contributed by atoms with Crippen LogP contribution in [0.25, 0.3) is 0 Å². The molecule has 0 heterocycles. The maximum atomic E-state index is 11.8. The summed E-state index contributed by atoms with van der Waals surface area (Å²) in [6.07, 6.45) is 0.718. The molecule has 0 saturated carbocycles. The van der Waals surface area contributed by atoms with E-state index in [2.05, 4.69) is 0 Å². The Morgan fingerprint density at radius 3 is 2.20 bits per heavy atom. The van der Waals surface area contributed by atoms with Gasteiger partial charge in [-0.3, -0.25) is 9.59 Å². The molecule has 20 heavy (non-hydrogen) atoms. The molecule has 1 unspecified atom stereocenters. The Morgan fingerprint density at radius 2 is 1.75 bits per heavy atom. The summed E-state index contributed by atoms with van der Waals surface area (Å²) in [5.41, 5.74) is 0.716. The molecule has 0 aromatic heterocycles. The molecule has 0 saturated heterocycles. The highest BCUT2D eigenvalue weighted by atomic mass is 32.2. The van der Waals surface area contributed by atoms with Crippen molar-refractivity contribution in [2.24, 2.45) is 5.92 Å². The van der Waals surface area contributed by atoms with Crippen LogP contribution < -0.4 is 0 Å². The molecule has 3 nitrogen and oxygen atoms in total. The van der Waals surface area contributed by atoms with E-state index in [1.165, 1.54) is 11.8 Å². The molecule has 0 aliphatic heterocycles. The number of Topliss-reactive ketones (excluding diaryl/α,β-unsaturated/α-hetero) is 1. The number of hydrogen-bond acceptors (Lipinski definition) is 4. The third kappa shape index (κ3) is 4.67. The number of esters is 1. The predicted octanol–water partition coefficient (Wildman–Crippen LogP) is 3.96. The summed E-state index contributed by atoms with van der Waals surface area (Å²) in [4.78, 5) is 24.6. The molecule has 0 bridgehead atoms. The first kappa shape index (κ1) is 16.8.